The SMILES string of the molecule is COc1cccc(CCC(=O)NCC2CCC(=O)N2)c1. The van der Waals surface area contributed by atoms with Gasteiger partial charge in [-0.2, -0.15) is 0 Å². The van der Waals surface area contributed by atoms with Gasteiger partial charge in [0.15, 0.2) is 0 Å². The minimum Gasteiger partial charge on any atom is -0.497 e. The Labute approximate surface area is 118 Å². The largest absolute Gasteiger partial charge is 0.497 e. The number of hydrogen-bond donors (Lipinski definition) is 2. The van der Waals surface area contributed by atoms with Gasteiger partial charge in [-0.1, -0.05) is 12.1 Å². The van der Waals surface area contributed by atoms with Gasteiger partial charge in [-0.3, -0.25) is 9.59 Å². The lowest BCUT2D eigenvalue weighted by Gasteiger charge is -2.11. The van der Waals surface area contributed by atoms with E-state index in [0.717, 1.165) is 17.7 Å². The van der Waals surface area contributed by atoms with Crippen molar-refractivity contribution in [1.29, 1.82) is 0 Å². The van der Waals surface area contributed by atoms with Crippen LogP contribution in [-0.4, -0.2) is 31.5 Å². The fourth-order valence-corrected chi connectivity index (χ4v) is 2.24. The first-order valence-corrected chi connectivity index (χ1v) is 6.86. The highest BCUT2D eigenvalue weighted by Gasteiger charge is 2.20. The van der Waals surface area contributed by atoms with Crippen LogP contribution in [0.2, 0.25) is 0 Å². The highest BCUT2D eigenvalue weighted by Crippen LogP contribution is 2.13. The average Bonchev–Trinajstić information content (AvgIpc) is 2.89. The fourth-order valence-electron chi connectivity index (χ4n) is 2.24. The quantitative estimate of drug-likeness (QED) is 0.815. The van der Waals surface area contributed by atoms with E-state index in [1.54, 1.807) is 7.11 Å². The molecule has 5 nitrogen and oxygen atoms in total. The Balaban J connectivity index is 1.70. The number of rotatable bonds is 6. The van der Waals surface area contributed by atoms with Crippen molar-refractivity contribution in [2.24, 2.45) is 0 Å². The molecule has 1 aliphatic rings. The molecule has 5 heteroatoms. The summed E-state index contributed by atoms with van der Waals surface area (Å²) >= 11 is 0. The number of methoxy groups -OCH3 is 1. The molecular weight excluding hydrogens is 256 g/mol. The number of hydrogen-bond acceptors (Lipinski definition) is 3. The lowest BCUT2D eigenvalue weighted by Crippen LogP contribution is -2.38. The molecule has 0 aliphatic carbocycles. The van der Waals surface area contributed by atoms with E-state index in [-0.39, 0.29) is 17.9 Å². The van der Waals surface area contributed by atoms with E-state index in [1.165, 1.54) is 0 Å². The molecule has 1 atom stereocenters. The molecule has 2 amide bonds. The van der Waals surface area contributed by atoms with E-state index >= 15 is 0 Å². The Morgan fingerprint density at radius 2 is 2.35 bits per heavy atom. The Morgan fingerprint density at radius 3 is 3.05 bits per heavy atom. The van der Waals surface area contributed by atoms with Gasteiger partial charge in [0.05, 0.1) is 7.11 Å². The molecule has 0 bridgehead atoms. The topological polar surface area (TPSA) is 67.4 Å². The van der Waals surface area contributed by atoms with E-state index < -0.39 is 0 Å². The molecule has 2 rings (SSSR count). The maximum Gasteiger partial charge on any atom is 0.220 e. The van der Waals surface area contributed by atoms with Gasteiger partial charge in [0.2, 0.25) is 11.8 Å². The first-order valence-electron chi connectivity index (χ1n) is 6.86. The first kappa shape index (κ1) is 14.4. The average molecular weight is 276 g/mol. The van der Waals surface area contributed by atoms with Crippen LogP contribution in [0.1, 0.15) is 24.8 Å². The fraction of sp³-hybridized carbons (Fsp3) is 0.467. The molecule has 20 heavy (non-hydrogen) atoms. The zero-order valence-electron chi connectivity index (χ0n) is 11.6. The maximum absolute atomic E-state index is 11.8. The number of carbonyl (C=O) groups is 2. The minimum atomic E-state index is 0.00830. The summed E-state index contributed by atoms with van der Waals surface area (Å²) in [7, 11) is 1.63. The number of benzene rings is 1. The second-order valence-corrected chi connectivity index (χ2v) is 4.96. The van der Waals surface area contributed by atoms with Crippen LogP contribution in [-0.2, 0) is 16.0 Å². The van der Waals surface area contributed by atoms with Crippen LogP contribution in [0.5, 0.6) is 5.75 Å². The molecule has 108 valence electrons. The van der Waals surface area contributed by atoms with Crippen molar-refractivity contribution in [2.45, 2.75) is 31.7 Å². The van der Waals surface area contributed by atoms with Gasteiger partial charge in [0.25, 0.3) is 0 Å². The highest BCUT2D eigenvalue weighted by atomic mass is 16.5. The number of nitrogens with one attached hydrogen (secondary N) is 2. The number of amides is 2. The number of ether oxygens (including phenoxy) is 1. The molecule has 2 N–H and O–H groups in total. The van der Waals surface area contributed by atoms with E-state index in [2.05, 4.69) is 10.6 Å². The monoisotopic (exact) mass is 276 g/mol. The summed E-state index contributed by atoms with van der Waals surface area (Å²) in [5.41, 5.74) is 1.08. The third kappa shape index (κ3) is 4.26. The van der Waals surface area contributed by atoms with Crippen LogP contribution in [0.25, 0.3) is 0 Å². The molecule has 0 radical (unpaired) electrons. The van der Waals surface area contributed by atoms with Crippen LogP contribution >= 0.6 is 0 Å². The lowest BCUT2D eigenvalue weighted by molar-refractivity contribution is -0.122. The van der Waals surface area contributed by atoms with Crippen LogP contribution in [0.3, 0.4) is 0 Å². The Hall–Kier alpha value is -2.04. The van der Waals surface area contributed by atoms with Crippen LogP contribution in [0.15, 0.2) is 24.3 Å². The molecule has 1 aromatic carbocycles. The van der Waals surface area contributed by atoms with Crippen LogP contribution < -0.4 is 15.4 Å². The van der Waals surface area contributed by atoms with Crippen molar-refractivity contribution < 1.29 is 14.3 Å². The summed E-state index contributed by atoms with van der Waals surface area (Å²) in [6.45, 7) is 0.517. The third-order valence-electron chi connectivity index (χ3n) is 3.41. The second-order valence-electron chi connectivity index (χ2n) is 4.96. The minimum absolute atomic E-state index is 0.00830. The van der Waals surface area contributed by atoms with E-state index in [0.29, 0.717) is 25.8 Å². The van der Waals surface area contributed by atoms with Crippen molar-refractivity contribution in [3.8, 4) is 5.75 Å². The number of aryl methyl sites for hydroxylation is 1. The molecule has 1 fully saturated rings. The lowest BCUT2D eigenvalue weighted by atomic mass is 10.1. The molecule has 0 spiro atoms. The van der Waals surface area contributed by atoms with Gasteiger partial charge in [-0.15, -0.1) is 0 Å². The first-order chi connectivity index (χ1) is 9.67. The molecular formula is C15H20N2O3. The Morgan fingerprint density at radius 1 is 1.50 bits per heavy atom. The molecule has 0 aromatic heterocycles. The summed E-state index contributed by atoms with van der Waals surface area (Å²) in [6, 6.07) is 7.80. The maximum atomic E-state index is 11.8. The van der Waals surface area contributed by atoms with Gasteiger partial charge < -0.3 is 15.4 Å². The summed E-state index contributed by atoms with van der Waals surface area (Å²) in [5, 5.41) is 5.69. The van der Waals surface area contributed by atoms with E-state index in [4.69, 9.17) is 4.74 Å². The van der Waals surface area contributed by atoms with Crippen molar-refractivity contribution in [2.75, 3.05) is 13.7 Å². The number of carbonyl (C=O) groups excluding carboxylic acids is 2. The third-order valence-corrected chi connectivity index (χ3v) is 3.41. The molecule has 1 aliphatic heterocycles. The smallest absolute Gasteiger partial charge is 0.220 e. The molecule has 0 saturated carbocycles. The molecule has 1 saturated heterocycles. The Kier molecular flexibility index (Phi) is 4.98. The van der Waals surface area contributed by atoms with Crippen molar-refractivity contribution in [3.63, 3.8) is 0 Å². The Bertz CT molecular complexity index is 488. The van der Waals surface area contributed by atoms with Crippen LogP contribution in [0, 0.1) is 0 Å². The summed E-state index contributed by atoms with van der Waals surface area (Å²) < 4.78 is 5.15. The van der Waals surface area contributed by atoms with Crippen LogP contribution in [0.4, 0.5) is 0 Å². The zero-order chi connectivity index (χ0) is 14.4. The van der Waals surface area contributed by atoms with Gasteiger partial charge in [-0.25, -0.2) is 0 Å². The van der Waals surface area contributed by atoms with Gasteiger partial charge in [-0.05, 0) is 30.5 Å². The van der Waals surface area contributed by atoms with Crippen molar-refractivity contribution in [1.82, 2.24) is 10.6 Å². The van der Waals surface area contributed by atoms with Gasteiger partial charge in [0.1, 0.15) is 5.75 Å². The standard InChI is InChI=1S/C15H20N2O3/c1-20-13-4-2-3-11(9-13)5-7-14(18)16-10-12-6-8-15(19)17-12/h2-4,9,12H,5-8,10H2,1H3,(H,16,18)(H,17,19). The summed E-state index contributed by atoms with van der Waals surface area (Å²) in [5.74, 6) is 0.881. The van der Waals surface area contributed by atoms with E-state index in [9.17, 15) is 9.59 Å². The normalized spacial score (nSPS) is 17.6. The summed E-state index contributed by atoms with van der Waals surface area (Å²) in [4.78, 5) is 22.8. The van der Waals surface area contributed by atoms with E-state index in [1.807, 2.05) is 24.3 Å². The van der Waals surface area contributed by atoms with Crippen molar-refractivity contribution in [3.05, 3.63) is 29.8 Å². The summed E-state index contributed by atoms with van der Waals surface area (Å²) in [6.07, 6.45) is 2.48. The predicted octanol–water partition coefficient (Wildman–Crippen LogP) is 1.02. The second kappa shape index (κ2) is 6.93. The van der Waals surface area contributed by atoms with Crippen molar-refractivity contribution >= 4 is 11.8 Å². The zero-order valence-corrected chi connectivity index (χ0v) is 11.6. The molecule has 1 aromatic rings. The predicted molar refractivity (Wildman–Crippen MR) is 75.5 cm³/mol. The van der Waals surface area contributed by atoms with Gasteiger partial charge in [0, 0.05) is 25.4 Å². The molecule has 1 unspecified atom stereocenters. The highest BCUT2D eigenvalue weighted by molar-refractivity contribution is 5.79. The molecule has 1 heterocycles. The van der Waals surface area contributed by atoms with Gasteiger partial charge >= 0.3 is 0 Å².